The average Bonchev–Trinajstić information content (AvgIpc) is 3.55. The number of hydrogen-bond donors (Lipinski definition) is 2. The predicted molar refractivity (Wildman–Crippen MR) is 132 cm³/mol. The van der Waals surface area contributed by atoms with Crippen LogP contribution in [0.4, 0.5) is 0 Å². The second-order valence-corrected chi connectivity index (χ2v) is 8.47. The zero-order valence-electron chi connectivity index (χ0n) is 17.4. The van der Waals surface area contributed by atoms with Gasteiger partial charge < -0.3 is 14.9 Å². The summed E-state index contributed by atoms with van der Waals surface area (Å²) in [6.45, 7) is 0.827. The Hall–Kier alpha value is -3.83. The lowest BCUT2D eigenvalue weighted by atomic mass is 10.0. The van der Waals surface area contributed by atoms with E-state index in [-0.39, 0.29) is 0 Å². The van der Waals surface area contributed by atoms with Crippen LogP contribution < -0.4 is 0 Å². The normalized spacial score (nSPS) is 15.4. The Morgan fingerprint density at radius 1 is 0.781 bits per heavy atom. The number of nitrogens with one attached hydrogen (secondary N) is 2. The molecule has 32 heavy (non-hydrogen) atoms. The van der Waals surface area contributed by atoms with Crippen LogP contribution in [-0.4, -0.2) is 38.4 Å². The fourth-order valence-corrected chi connectivity index (χ4v) is 4.38. The zero-order valence-corrected chi connectivity index (χ0v) is 18.2. The predicted octanol–water partition coefficient (Wildman–Crippen LogP) is 5.98. The molecule has 0 saturated carbocycles. The van der Waals surface area contributed by atoms with Crippen molar-refractivity contribution in [3.8, 4) is 0 Å². The van der Waals surface area contributed by atoms with Gasteiger partial charge in [-0.05, 0) is 78.5 Å². The second kappa shape index (κ2) is 7.39. The summed E-state index contributed by atoms with van der Waals surface area (Å²) in [5.41, 5.74) is 9.28. The SMILES string of the molecule is CN1C=CC(C2=C(Cl)c3cc4ccc(cc5ccc(cc6nc(cc2n3)C=C6)[nH]5)[nH]4)=CC1. The van der Waals surface area contributed by atoms with Crippen LogP contribution in [0.5, 0.6) is 0 Å². The third-order valence-corrected chi connectivity index (χ3v) is 6.06. The third kappa shape index (κ3) is 3.47. The van der Waals surface area contributed by atoms with Crippen molar-refractivity contribution in [2.24, 2.45) is 0 Å². The van der Waals surface area contributed by atoms with Gasteiger partial charge in [-0.1, -0.05) is 17.7 Å². The highest BCUT2D eigenvalue weighted by Crippen LogP contribution is 2.39. The Labute approximate surface area is 190 Å². The number of allylic oxidation sites excluding steroid dienone is 3. The molecule has 0 spiro atoms. The molecule has 0 aliphatic carbocycles. The minimum Gasteiger partial charge on any atom is -0.377 e. The van der Waals surface area contributed by atoms with Gasteiger partial charge in [0.15, 0.2) is 0 Å². The van der Waals surface area contributed by atoms with E-state index in [2.05, 4.69) is 51.4 Å². The number of halogens is 1. The Morgan fingerprint density at radius 3 is 2.12 bits per heavy atom. The molecule has 0 radical (unpaired) electrons. The van der Waals surface area contributed by atoms with Gasteiger partial charge in [0.25, 0.3) is 0 Å². The van der Waals surface area contributed by atoms with E-state index in [9.17, 15) is 0 Å². The lowest BCUT2D eigenvalue weighted by molar-refractivity contribution is 0.503. The Morgan fingerprint density at radius 2 is 1.44 bits per heavy atom. The standard InChI is InChI=1S/C26H20ClN5/c1-32-10-8-16(9-11-32)25-23-14-21-6-4-19(29-21)12-17-2-3-18(28-17)13-20-5-7-22(30-20)15-24(31-23)26(25)27/h2-10,12-15,28,30H,11H2,1H3. The summed E-state index contributed by atoms with van der Waals surface area (Å²) >= 11 is 6.90. The van der Waals surface area contributed by atoms with Gasteiger partial charge in [0.1, 0.15) is 0 Å². The first-order valence-corrected chi connectivity index (χ1v) is 10.8. The van der Waals surface area contributed by atoms with Crippen molar-refractivity contribution in [1.82, 2.24) is 24.8 Å². The van der Waals surface area contributed by atoms with Crippen molar-refractivity contribution in [2.75, 3.05) is 13.6 Å². The quantitative estimate of drug-likeness (QED) is 0.385. The number of fused-ring (bicyclic) bond motifs is 8. The smallest absolute Gasteiger partial charge is 0.0851 e. The molecule has 6 heterocycles. The molecular weight excluding hydrogens is 418 g/mol. The molecule has 0 atom stereocenters. The monoisotopic (exact) mass is 437 g/mol. The number of hydrogen-bond acceptors (Lipinski definition) is 3. The highest BCUT2D eigenvalue weighted by atomic mass is 35.5. The van der Waals surface area contributed by atoms with Gasteiger partial charge in [-0.3, -0.25) is 0 Å². The van der Waals surface area contributed by atoms with Crippen molar-refractivity contribution in [3.63, 3.8) is 0 Å². The molecule has 3 aliphatic rings. The van der Waals surface area contributed by atoms with Gasteiger partial charge in [0, 0.05) is 41.2 Å². The molecule has 2 N–H and O–H groups in total. The molecule has 6 rings (SSSR count). The first-order valence-electron chi connectivity index (χ1n) is 10.5. The minimum atomic E-state index is 0.646. The Balaban J connectivity index is 1.64. The molecule has 6 heteroatoms. The van der Waals surface area contributed by atoms with E-state index in [0.29, 0.717) is 5.03 Å². The van der Waals surface area contributed by atoms with Crippen molar-refractivity contribution in [2.45, 2.75) is 0 Å². The summed E-state index contributed by atoms with van der Waals surface area (Å²) in [6, 6.07) is 16.3. The number of aromatic nitrogens is 4. The molecule has 8 bridgehead atoms. The molecule has 0 aromatic carbocycles. The first kappa shape index (κ1) is 18.9. The number of likely N-dealkylation sites (N-methyl/N-ethyl adjacent to an activating group) is 1. The van der Waals surface area contributed by atoms with Crippen molar-refractivity contribution < 1.29 is 0 Å². The minimum absolute atomic E-state index is 0.646. The molecule has 3 aromatic heterocycles. The number of nitrogens with zero attached hydrogens (tertiary/aromatic N) is 3. The van der Waals surface area contributed by atoms with E-state index < -0.39 is 0 Å². The summed E-state index contributed by atoms with van der Waals surface area (Å²) in [6.07, 6.45) is 10.3. The highest BCUT2D eigenvalue weighted by molar-refractivity contribution is 6.53. The zero-order chi connectivity index (χ0) is 21.7. The van der Waals surface area contributed by atoms with E-state index >= 15 is 0 Å². The van der Waals surface area contributed by atoms with Gasteiger partial charge in [-0.15, -0.1) is 0 Å². The van der Waals surface area contributed by atoms with Crippen molar-refractivity contribution in [3.05, 3.63) is 95.2 Å². The van der Waals surface area contributed by atoms with Crippen LogP contribution in [0.25, 0.3) is 44.8 Å². The van der Waals surface area contributed by atoms with Gasteiger partial charge in [-0.25, -0.2) is 9.97 Å². The van der Waals surface area contributed by atoms with Gasteiger partial charge in [-0.2, -0.15) is 0 Å². The number of H-pyrrole nitrogens is 2. The molecule has 3 aromatic rings. The van der Waals surface area contributed by atoms with E-state index in [1.165, 1.54) is 0 Å². The lowest BCUT2D eigenvalue weighted by Crippen LogP contribution is -2.13. The lowest BCUT2D eigenvalue weighted by Gasteiger charge is -2.17. The summed E-state index contributed by atoms with van der Waals surface area (Å²) < 4.78 is 0. The number of rotatable bonds is 1. The number of aromatic amines is 2. The molecule has 5 nitrogen and oxygen atoms in total. The van der Waals surface area contributed by atoms with Crippen LogP contribution in [0.1, 0.15) is 22.8 Å². The maximum absolute atomic E-state index is 6.90. The summed E-state index contributed by atoms with van der Waals surface area (Å²) in [5.74, 6) is 0. The van der Waals surface area contributed by atoms with Gasteiger partial charge in [0.2, 0.25) is 0 Å². The summed E-state index contributed by atoms with van der Waals surface area (Å²) in [7, 11) is 2.05. The average molecular weight is 438 g/mol. The topological polar surface area (TPSA) is 60.6 Å². The fraction of sp³-hybridized carbons (Fsp3) is 0.0769. The van der Waals surface area contributed by atoms with Crippen LogP contribution >= 0.6 is 11.6 Å². The highest BCUT2D eigenvalue weighted by Gasteiger charge is 2.22. The van der Waals surface area contributed by atoms with Crippen LogP contribution in [0.15, 0.2) is 72.5 Å². The van der Waals surface area contributed by atoms with Gasteiger partial charge in [0.05, 0.1) is 27.8 Å². The molecule has 0 unspecified atom stereocenters. The first-order chi connectivity index (χ1) is 15.6. The van der Waals surface area contributed by atoms with E-state index in [0.717, 1.165) is 62.5 Å². The summed E-state index contributed by atoms with van der Waals surface area (Å²) in [5, 5.41) is 0.646. The van der Waals surface area contributed by atoms with E-state index in [1.54, 1.807) is 0 Å². The summed E-state index contributed by atoms with van der Waals surface area (Å²) in [4.78, 5) is 18.6. The Bertz CT molecular complexity index is 1530. The molecule has 156 valence electrons. The van der Waals surface area contributed by atoms with E-state index in [4.69, 9.17) is 21.6 Å². The van der Waals surface area contributed by atoms with Crippen molar-refractivity contribution >= 4 is 56.4 Å². The second-order valence-electron chi connectivity index (χ2n) is 8.10. The van der Waals surface area contributed by atoms with Crippen molar-refractivity contribution in [1.29, 1.82) is 0 Å². The molecule has 0 fully saturated rings. The van der Waals surface area contributed by atoms with Gasteiger partial charge >= 0.3 is 0 Å². The third-order valence-electron chi connectivity index (χ3n) is 5.67. The van der Waals surface area contributed by atoms with Crippen LogP contribution in [0.2, 0.25) is 0 Å². The van der Waals surface area contributed by atoms with Crippen LogP contribution in [-0.2, 0) is 0 Å². The molecule has 0 saturated heterocycles. The van der Waals surface area contributed by atoms with E-state index in [1.807, 2.05) is 49.5 Å². The molecule has 3 aliphatic heterocycles. The fourth-order valence-electron chi connectivity index (χ4n) is 4.08. The van der Waals surface area contributed by atoms with Crippen LogP contribution in [0.3, 0.4) is 0 Å². The largest absolute Gasteiger partial charge is 0.377 e. The molecule has 0 amide bonds. The maximum atomic E-state index is 6.90. The Kier molecular flexibility index (Phi) is 4.37. The van der Waals surface area contributed by atoms with Crippen LogP contribution in [0, 0.1) is 0 Å². The molecular formula is C26H20ClN5. The maximum Gasteiger partial charge on any atom is 0.0851 e.